The number of nitrogens with zero attached hydrogens (tertiary/aromatic N) is 1. The van der Waals surface area contributed by atoms with Crippen LogP contribution < -0.4 is 27.4 Å². The molecule has 2 amide bonds. The molecule has 1 aromatic heterocycles. The first kappa shape index (κ1) is 32.8. The molecule has 1 heterocycles. The van der Waals surface area contributed by atoms with Gasteiger partial charge in [-0.05, 0) is 70.7 Å². The number of amides is 2. The Bertz CT molecular complexity index is 1280. The Kier molecular flexibility index (Phi) is 13.6. The van der Waals surface area contributed by atoms with Crippen LogP contribution in [0, 0.1) is 0 Å². The second kappa shape index (κ2) is 16.6. The lowest BCUT2D eigenvalue weighted by Gasteiger charge is -2.19. The predicted molar refractivity (Wildman–Crippen MR) is 170 cm³/mol. The van der Waals surface area contributed by atoms with Gasteiger partial charge in [0.15, 0.2) is 0 Å². The van der Waals surface area contributed by atoms with Crippen molar-refractivity contribution < 1.29 is 20.4 Å². The topological polar surface area (TPSA) is 152 Å². The lowest BCUT2D eigenvalue weighted by molar-refractivity contribution is 0.0516. The number of carbonyl (C=O) groups excluding carboxylic acids is 2. The van der Waals surface area contributed by atoms with Gasteiger partial charge in [-0.3, -0.25) is 4.57 Å². The summed E-state index contributed by atoms with van der Waals surface area (Å²) in [6.07, 6.45) is -0.893. The summed E-state index contributed by atoms with van der Waals surface area (Å²) >= 11 is 1.96. The smallest absolute Gasteiger partial charge is 0.407 e. The standard InChI is InChI=1S/C14H19N3O3.C13H21N3O2.CH3I/c1-14(2,3)20-13(19)15-8-9-17-11-7-5-4-6-10(11)16-12(17)18;1-13(2,3)18-12(17)16-9-8-15-11-7-5-4-6-10(11)14;1-2/h4-7H,8-9H2,1-3H3,(H,15,19)(H,16,18);4-7,15H,8-9,14H2,1-3H3,(H,16,17);1H3/i;;1D. The van der Waals surface area contributed by atoms with Gasteiger partial charge in [0, 0.05) is 27.5 Å². The van der Waals surface area contributed by atoms with E-state index in [0.717, 1.165) is 16.7 Å². The monoisotopic (exact) mass is 671 g/mol. The Morgan fingerprint density at radius 2 is 1.45 bits per heavy atom. The summed E-state index contributed by atoms with van der Waals surface area (Å²) in [5.41, 5.74) is 7.75. The Hall–Kier alpha value is -3.42. The van der Waals surface area contributed by atoms with Crippen LogP contribution >= 0.6 is 22.6 Å². The van der Waals surface area contributed by atoms with Crippen LogP contribution in [0.25, 0.3) is 11.0 Å². The number of halogens is 1. The minimum Gasteiger partial charge on any atom is -0.444 e. The van der Waals surface area contributed by atoms with Crippen molar-refractivity contribution in [2.75, 3.05) is 35.6 Å². The van der Waals surface area contributed by atoms with E-state index in [2.05, 4.69) is 20.9 Å². The third kappa shape index (κ3) is 13.6. The number of hydrogen-bond donors (Lipinski definition) is 5. The number of imidazole rings is 1. The Labute approximate surface area is 251 Å². The molecule has 2 aromatic carbocycles. The average Bonchev–Trinajstić information content (AvgIpc) is 3.16. The molecular formula is C28H43IN6O5. The molecule has 3 aromatic rings. The number of nitrogens with one attached hydrogen (secondary N) is 4. The van der Waals surface area contributed by atoms with Gasteiger partial charge in [0.2, 0.25) is 0 Å². The maximum Gasteiger partial charge on any atom is 0.407 e. The predicted octanol–water partition coefficient (Wildman–Crippen LogP) is 5.11. The van der Waals surface area contributed by atoms with E-state index in [-0.39, 0.29) is 5.69 Å². The number of alkyl carbamates (subject to hydrolysis) is 2. The third-order valence-corrected chi connectivity index (χ3v) is 4.75. The fourth-order valence-corrected chi connectivity index (χ4v) is 3.25. The second-order valence-electron chi connectivity index (χ2n) is 10.5. The zero-order valence-corrected chi connectivity index (χ0v) is 26.3. The molecule has 0 aliphatic rings. The normalized spacial score (nSPS) is 11.1. The van der Waals surface area contributed by atoms with E-state index in [1.54, 1.807) is 25.3 Å². The van der Waals surface area contributed by atoms with Crippen molar-refractivity contribution in [3.8, 4) is 0 Å². The van der Waals surface area contributed by atoms with Crippen molar-refractivity contribution >= 4 is 57.2 Å². The van der Waals surface area contributed by atoms with Gasteiger partial charge in [0.05, 0.1) is 22.4 Å². The molecule has 6 N–H and O–H groups in total. The number of hydrogen-bond acceptors (Lipinski definition) is 7. The van der Waals surface area contributed by atoms with Crippen LogP contribution in [0.3, 0.4) is 0 Å². The quantitative estimate of drug-likeness (QED) is 0.101. The molecule has 0 spiro atoms. The molecular weight excluding hydrogens is 627 g/mol. The van der Waals surface area contributed by atoms with Gasteiger partial charge >= 0.3 is 17.9 Å². The molecule has 0 bridgehead atoms. The van der Waals surface area contributed by atoms with E-state index in [1.807, 2.05) is 91.9 Å². The van der Waals surface area contributed by atoms with Crippen LogP contribution in [0.2, 0.25) is 0 Å². The maximum absolute atomic E-state index is 11.8. The van der Waals surface area contributed by atoms with Gasteiger partial charge in [-0.2, -0.15) is 0 Å². The summed E-state index contributed by atoms with van der Waals surface area (Å²) < 4.78 is 18.0. The number of ether oxygens (including phenoxy) is 2. The van der Waals surface area contributed by atoms with E-state index in [0.29, 0.717) is 36.8 Å². The van der Waals surface area contributed by atoms with Crippen LogP contribution in [0.5, 0.6) is 0 Å². The maximum atomic E-state index is 11.8. The minimum atomic E-state index is -0.526. The molecule has 0 radical (unpaired) electrons. The van der Waals surface area contributed by atoms with Gasteiger partial charge in [-0.25, -0.2) is 14.4 Å². The molecule has 0 atom stereocenters. The number of aromatic nitrogens is 2. The van der Waals surface area contributed by atoms with Crippen molar-refractivity contribution in [1.29, 1.82) is 0 Å². The number of alkyl halides is 1. The van der Waals surface area contributed by atoms with Gasteiger partial charge in [-0.15, -0.1) is 0 Å². The first-order valence-electron chi connectivity index (χ1n) is 13.4. The fraction of sp³-hybridized carbons (Fsp3) is 0.464. The van der Waals surface area contributed by atoms with Crippen LogP contribution in [0.4, 0.5) is 21.0 Å². The highest BCUT2D eigenvalue weighted by molar-refractivity contribution is 14.1. The number of fused-ring (bicyclic) bond motifs is 1. The zero-order chi connectivity index (χ0) is 31.1. The summed E-state index contributed by atoms with van der Waals surface area (Å²) in [4.78, 5) is 37.9. The lowest BCUT2D eigenvalue weighted by atomic mass is 10.2. The Morgan fingerprint density at radius 1 is 0.925 bits per heavy atom. The highest BCUT2D eigenvalue weighted by Gasteiger charge is 2.16. The van der Waals surface area contributed by atoms with Gasteiger partial charge in [-0.1, -0.05) is 46.9 Å². The van der Waals surface area contributed by atoms with Crippen molar-refractivity contribution in [2.45, 2.75) is 59.3 Å². The van der Waals surface area contributed by atoms with Gasteiger partial charge in [0.25, 0.3) is 0 Å². The number of aromatic amines is 1. The minimum absolute atomic E-state index is 0.183. The number of para-hydroxylation sites is 4. The van der Waals surface area contributed by atoms with Gasteiger partial charge in [0.1, 0.15) is 11.2 Å². The number of H-pyrrole nitrogens is 1. The van der Waals surface area contributed by atoms with E-state index in [9.17, 15) is 14.4 Å². The number of nitrogens with two attached hydrogens (primary N) is 1. The summed E-state index contributed by atoms with van der Waals surface area (Å²) in [6, 6.07) is 14.9. The van der Waals surface area contributed by atoms with Gasteiger partial charge < -0.3 is 36.1 Å². The Morgan fingerprint density at radius 3 is 2.02 bits per heavy atom. The first-order valence-corrected chi connectivity index (χ1v) is 14.2. The van der Waals surface area contributed by atoms with Crippen molar-refractivity contribution in [1.82, 2.24) is 20.2 Å². The molecule has 0 aliphatic carbocycles. The number of carbonyl (C=O) groups is 2. The van der Waals surface area contributed by atoms with Crippen LogP contribution in [-0.2, 0) is 16.0 Å². The molecule has 0 unspecified atom stereocenters. The summed E-state index contributed by atoms with van der Waals surface area (Å²) in [5, 5.41) is 8.43. The number of nitrogen functional groups attached to an aromatic ring is 1. The molecule has 40 heavy (non-hydrogen) atoms. The average molecular weight is 672 g/mol. The van der Waals surface area contributed by atoms with Crippen molar-refractivity contribution in [3.05, 3.63) is 59.0 Å². The SMILES string of the molecule is CC(C)(C)OC(=O)NCCNc1ccccc1N.CC(C)(C)OC(=O)NCCn1c(=O)[nH]c2ccccc21.[2H]CI. The van der Waals surface area contributed by atoms with Crippen LogP contribution in [0.1, 0.15) is 42.9 Å². The molecule has 0 aliphatic heterocycles. The largest absolute Gasteiger partial charge is 0.444 e. The summed E-state index contributed by atoms with van der Waals surface area (Å²) in [5.74, 6) is 0. The number of benzene rings is 2. The fourth-order valence-electron chi connectivity index (χ4n) is 3.25. The zero-order valence-electron chi connectivity index (χ0n) is 25.1. The van der Waals surface area contributed by atoms with Crippen molar-refractivity contribution in [3.63, 3.8) is 0 Å². The number of anilines is 2. The third-order valence-electron chi connectivity index (χ3n) is 4.75. The molecule has 12 heteroatoms. The van der Waals surface area contributed by atoms with E-state index < -0.39 is 23.4 Å². The first-order chi connectivity index (χ1) is 19.2. The van der Waals surface area contributed by atoms with E-state index in [1.165, 1.54) is 0 Å². The van der Waals surface area contributed by atoms with E-state index in [4.69, 9.17) is 16.6 Å². The molecule has 0 saturated carbocycles. The summed E-state index contributed by atoms with van der Waals surface area (Å²) in [6.45, 7) is 12.7. The molecule has 0 fully saturated rings. The highest BCUT2D eigenvalue weighted by atomic mass is 127. The Balaban J connectivity index is 0.000000376. The molecule has 0 saturated heterocycles. The molecule has 3 rings (SSSR count). The highest BCUT2D eigenvalue weighted by Crippen LogP contribution is 2.16. The lowest BCUT2D eigenvalue weighted by Crippen LogP contribution is -2.35. The van der Waals surface area contributed by atoms with Crippen molar-refractivity contribution in [2.24, 2.45) is 0 Å². The van der Waals surface area contributed by atoms with Crippen LogP contribution in [0.15, 0.2) is 53.3 Å². The molecule has 11 nitrogen and oxygen atoms in total. The summed E-state index contributed by atoms with van der Waals surface area (Å²) in [7, 11) is 0. The number of rotatable bonds is 7. The molecule has 222 valence electrons. The van der Waals surface area contributed by atoms with Crippen LogP contribution in [-0.4, -0.2) is 57.5 Å². The van der Waals surface area contributed by atoms with E-state index >= 15 is 0 Å². The second-order valence-corrected chi connectivity index (χ2v) is 10.5.